The Morgan fingerprint density at radius 3 is 2.76 bits per heavy atom. The first kappa shape index (κ1) is 14.2. The van der Waals surface area contributed by atoms with Crippen molar-refractivity contribution in [2.45, 2.75) is 6.04 Å². The van der Waals surface area contributed by atoms with Crippen molar-refractivity contribution in [3.63, 3.8) is 0 Å². The molecule has 0 saturated carbocycles. The van der Waals surface area contributed by atoms with E-state index in [2.05, 4.69) is 39.4 Å². The average molecular weight is 358 g/mol. The zero-order valence-corrected chi connectivity index (χ0v) is 13.5. The van der Waals surface area contributed by atoms with Crippen molar-refractivity contribution in [3.8, 4) is 6.07 Å². The summed E-state index contributed by atoms with van der Waals surface area (Å²) in [6.07, 6.45) is 0. The molecule has 1 aliphatic rings. The molecule has 1 unspecified atom stereocenters. The van der Waals surface area contributed by atoms with Crippen LogP contribution in [0.25, 0.3) is 0 Å². The number of benzene rings is 2. The average Bonchev–Trinajstić information content (AvgIpc) is 2.99. The Kier molecular flexibility index (Phi) is 4.28. The molecule has 2 aromatic carbocycles. The first-order chi connectivity index (χ1) is 10.3. The highest BCUT2D eigenvalue weighted by Crippen LogP contribution is 2.32. The van der Waals surface area contributed by atoms with Crippen LogP contribution in [0.15, 0.2) is 58.0 Å². The van der Waals surface area contributed by atoms with Crippen molar-refractivity contribution < 1.29 is 0 Å². The van der Waals surface area contributed by atoms with Gasteiger partial charge in [-0.1, -0.05) is 42.1 Å². The molecule has 0 aromatic heterocycles. The van der Waals surface area contributed by atoms with Crippen LogP contribution in [-0.2, 0) is 0 Å². The Hall–Kier alpha value is -1.77. The van der Waals surface area contributed by atoms with Crippen LogP contribution >= 0.6 is 27.7 Å². The van der Waals surface area contributed by atoms with Gasteiger partial charge < -0.3 is 5.32 Å². The van der Waals surface area contributed by atoms with Gasteiger partial charge in [-0.3, -0.25) is 4.99 Å². The zero-order valence-electron chi connectivity index (χ0n) is 11.1. The molecule has 2 aromatic rings. The molecule has 1 atom stereocenters. The number of rotatable bonds is 2. The highest BCUT2D eigenvalue weighted by molar-refractivity contribution is 9.10. The van der Waals surface area contributed by atoms with Crippen molar-refractivity contribution in [3.05, 3.63) is 64.1 Å². The SMILES string of the molecule is N#Cc1ccc(NC2=NC(c3ccccc3)CS2)c(Br)c1. The van der Waals surface area contributed by atoms with Gasteiger partial charge in [0.1, 0.15) is 0 Å². The maximum absolute atomic E-state index is 8.88. The molecule has 3 nitrogen and oxygen atoms in total. The number of hydrogen-bond donors (Lipinski definition) is 1. The molecule has 1 N–H and O–H groups in total. The lowest BCUT2D eigenvalue weighted by atomic mass is 10.1. The lowest BCUT2D eigenvalue weighted by Gasteiger charge is -2.07. The molecule has 104 valence electrons. The lowest BCUT2D eigenvalue weighted by Crippen LogP contribution is -2.05. The standard InChI is InChI=1S/C16H12BrN3S/c17-13-8-11(9-18)6-7-14(13)19-16-20-15(10-21-16)12-4-2-1-3-5-12/h1-8,15H,10H2,(H,19,20). The molecule has 0 amide bonds. The first-order valence-corrected chi connectivity index (χ1v) is 8.26. The predicted molar refractivity (Wildman–Crippen MR) is 91.6 cm³/mol. The molecule has 0 radical (unpaired) electrons. The minimum Gasteiger partial charge on any atom is -0.334 e. The topological polar surface area (TPSA) is 48.2 Å². The van der Waals surface area contributed by atoms with Crippen molar-refractivity contribution in [2.75, 3.05) is 11.1 Å². The Balaban J connectivity index is 1.76. The van der Waals surface area contributed by atoms with Gasteiger partial charge in [-0.15, -0.1) is 0 Å². The Bertz CT molecular complexity index is 722. The molecule has 1 heterocycles. The van der Waals surface area contributed by atoms with E-state index in [-0.39, 0.29) is 6.04 Å². The van der Waals surface area contributed by atoms with Crippen LogP contribution in [0.3, 0.4) is 0 Å². The maximum Gasteiger partial charge on any atom is 0.161 e. The number of aliphatic imine (C=N–C) groups is 1. The van der Waals surface area contributed by atoms with Crippen molar-refractivity contribution >= 4 is 38.5 Å². The molecule has 3 rings (SSSR count). The second-order valence-corrected chi connectivity index (χ2v) is 6.47. The molecule has 0 saturated heterocycles. The quantitative estimate of drug-likeness (QED) is 0.855. The first-order valence-electron chi connectivity index (χ1n) is 6.48. The number of nitrogens with one attached hydrogen (secondary N) is 1. The maximum atomic E-state index is 8.88. The fourth-order valence-electron chi connectivity index (χ4n) is 2.09. The Morgan fingerprint density at radius 1 is 1.24 bits per heavy atom. The Morgan fingerprint density at radius 2 is 2.05 bits per heavy atom. The van der Waals surface area contributed by atoms with Gasteiger partial charge in [0.2, 0.25) is 0 Å². The van der Waals surface area contributed by atoms with E-state index in [0.717, 1.165) is 21.1 Å². The summed E-state index contributed by atoms with van der Waals surface area (Å²) in [6, 6.07) is 18.1. The smallest absolute Gasteiger partial charge is 0.161 e. The van der Waals surface area contributed by atoms with E-state index < -0.39 is 0 Å². The van der Waals surface area contributed by atoms with Crippen LogP contribution < -0.4 is 5.32 Å². The summed E-state index contributed by atoms with van der Waals surface area (Å²) in [6.45, 7) is 0. The van der Waals surface area contributed by atoms with E-state index in [4.69, 9.17) is 10.3 Å². The van der Waals surface area contributed by atoms with Crippen molar-refractivity contribution in [1.82, 2.24) is 0 Å². The summed E-state index contributed by atoms with van der Waals surface area (Å²) >= 11 is 5.19. The fraction of sp³-hybridized carbons (Fsp3) is 0.125. The number of hydrogen-bond acceptors (Lipinski definition) is 4. The minimum absolute atomic E-state index is 0.204. The van der Waals surface area contributed by atoms with Crippen molar-refractivity contribution in [1.29, 1.82) is 5.26 Å². The minimum atomic E-state index is 0.204. The predicted octanol–water partition coefficient (Wildman–Crippen LogP) is 4.58. The number of amidine groups is 1. The van der Waals surface area contributed by atoms with E-state index >= 15 is 0 Å². The van der Waals surface area contributed by atoms with Gasteiger partial charge in [-0.05, 0) is 39.7 Å². The van der Waals surface area contributed by atoms with Gasteiger partial charge in [0.25, 0.3) is 0 Å². The molecular weight excluding hydrogens is 346 g/mol. The molecule has 0 spiro atoms. The second-order valence-electron chi connectivity index (χ2n) is 4.60. The zero-order chi connectivity index (χ0) is 14.7. The van der Waals surface area contributed by atoms with E-state index in [1.807, 2.05) is 24.3 Å². The van der Waals surface area contributed by atoms with Gasteiger partial charge in [-0.25, -0.2) is 0 Å². The van der Waals surface area contributed by atoms with Crippen LogP contribution in [0.2, 0.25) is 0 Å². The third-order valence-corrected chi connectivity index (χ3v) is 4.79. The van der Waals surface area contributed by atoms with Crippen LogP contribution in [0.1, 0.15) is 17.2 Å². The highest BCUT2D eigenvalue weighted by Gasteiger charge is 2.20. The molecule has 0 fully saturated rings. The number of nitriles is 1. The van der Waals surface area contributed by atoms with Gasteiger partial charge in [0, 0.05) is 10.2 Å². The van der Waals surface area contributed by atoms with Gasteiger partial charge >= 0.3 is 0 Å². The molecule has 0 aliphatic carbocycles. The summed E-state index contributed by atoms with van der Waals surface area (Å²) in [5, 5.41) is 13.1. The van der Waals surface area contributed by atoms with Gasteiger partial charge in [-0.2, -0.15) is 5.26 Å². The fourth-order valence-corrected chi connectivity index (χ4v) is 3.53. The van der Waals surface area contributed by atoms with E-state index in [9.17, 15) is 0 Å². The van der Waals surface area contributed by atoms with Crippen LogP contribution in [0, 0.1) is 11.3 Å². The number of nitrogens with zero attached hydrogens (tertiary/aromatic N) is 2. The summed E-state index contributed by atoms with van der Waals surface area (Å²) in [7, 11) is 0. The normalized spacial score (nSPS) is 17.1. The summed E-state index contributed by atoms with van der Waals surface area (Å²) in [5.74, 6) is 0.945. The van der Waals surface area contributed by atoms with E-state index in [0.29, 0.717) is 5.56 Å². The molecule has 0 bridgehead atoms. The van der Waals surface area contributed by atoms with Crippen molar-refractivity contribution in [2.24, 2.45) is 4.99 Å². The monoisotopic (exact) mass is 357 g/mol. The van der Waals surface area contributed by atoms with Gasteiger partial charge in [0.15, 0.2) is 5.17 Å². The van der Waals surface area contributed by atoms with Crippen LogP contribution in [0.5, 0.6) is 0 Å². The number of halogens is 1. The third kappa shape index (κ3) is 3.29. The summed E-state index contributed by atoms with van der Waals surface area (Å²) < 4.78 is 0.869. The van der Waals surface area contributed by atoms with Crippen LogP contribution in [-0.4, -0.2) is 10.9 Å². The second kappa shape index (κ2) is 6.33. The number of thioether (sulfide) groups is 1. The molecular formula is C16H12BrN3S. The molecule has 5 heteroatoms. The van der Waals surface area contributed by atoms with Crippen LogP contribution in [0.4, 0.5) is 5.69 Å². The molecule has 21 heavy (non-hydrogen) atoms. The third-order valence-electron chi connectivity index (χ3n) is 3.18. The summed E-state index contributed by atoms with van der Waals surface area (Å²) in [5.41, 5.74) is 2.80. The van der Waals surface area contributed by atoms with E-state index in [1.54, 1.807) is 23.9 Å². The highest BCUT2D eigenvalue weighted by atomic mass is 79.9. The number of anilines is 1. The largest absolute Gasteiger partial charge is 0.334 e. The van der Waals surface area contributed by atoms with E-state index in [1.165, 1.54) is 5.56 Å². The summed E-state index contributed by atoms with van der Waals surface area (Å²) in [4.78, 5) is 4.72. The van der Waals surface area contributed by atoms with Gasteiger partial charge in [0.05, 0.1) is 23.4 Å². The lowest BCUT2D eigenvalue weighted by molar-refractivity contribution is 0.849. The Labute approximate surface area is 136 Å². The molecule has 1 aliphatic heterocycles.